The quantitative estimate of drug-likeness (QED) is 0.444. The van der Waals surface area contributed by atoms with Crippen molar-refractivity contribution >= 4 is 55.6 Å². The summed E-state index contributed by atoms with van der Waals surface area (Å²) >= 11 is 7.73. The van der Waals surface area contributed by atoms with E-state index in [1.54, 1.807) is 12.1 Å². The average molecular weight is 517 g/mol. The Labute approximate surface area is 191 Å². The van der Waals surface area contributed by atoms with Gasteiger partial charge in [0.25, 0.3) is 0 Å². The number of sulfonamides is 1. The van der Waals surface area contributed by atoms with Crippen molar-refractivity contribution in [2.75, 3.05) is 14.1 Å². The van der Waals surface area contributed by atoms with Crippen LogP contribution in [0.25, 0.3) is 11.3 Å². The van der Waals surface area contributed by atoms with Crippen LogP contribution in [0.4, 0.5) is 5.69 Å². The number of nitrogens with zero attached hydrogens (tertiary/aromatic N) is 3. The first-order valence-corrected chi connectivity index (χ1v) is 11.5. The second kappa shape index (κ2) is 10.0. The molecule has 0 unspecified atom stereocenters. The van der Waals surface area contributed by atoms with Crippen molar-refractivity contribution in [1.29, 1.82) is 0 Å². The van der Waals surface area contributed by atoms with Crippen molar-refractivity contribution in [3.05, 3.63) is 63.7 Å². The summed E-state index contributed by atoms with van der Waals surface area (Å²) in [5.74, 6) is 0. The summed E-state index contributed by atoms with van der Waals surface area (Å²) in [5.41, 5.74) is 2.60. The van der Waals surface area contributed by atoms with Crippen LogP contribution >= 0.6 is 39.9 Å². The molecule has 3 aromatic rings. The molecule has 0 N–H and O–H groups in total. The van der Waals surface area contributed by atoms with Gasteiger partial charge in [-0.1, -0.05) is 42.8 Å². The average Bonchev–Trinajstić information content (AvgIpc) is 3.05. The van der Waals surface area contributed by atoms with Gasteiger partial charge >= 0.3 is 0 Å². The molecule has 3 rings (SSSR count). The number of aromatic nitrogens is 1. The van der Waals surface area contributed by atoms with Crippen LogP contribution in [0.15, 0.2) is 63.8 Å². The predicted molar refractivity (Wildman–Crippen MR) is 126 cm³/mol. The van der Waals surface area contributed by atoms with Crippen LogP contribution in [-0.2, 0) is 16.6 Å². The second-order valence-electron chi connectivity index (χ2n) is 6.44. The molecule has 0 aliphatic carbocycles. The molecule has 9 heteroatoms. The third-order valence-electron chi connectivity index (χ3n) is 4.21. The van der Waals surface area contributed by atoms with Gasteiger partial charge in [-0.25, -0.2) is 17.7 Å². The van der Waals surface area contributed by atoms with E-state index >= 15 is 0 Å². The van der Waals surface area contributed by atoms with Crippen molar-refractivity contribution in [3.8, 4) is 11.3 Å². The summed E-state index contributed by atoms with van der Waals surface area (Å²) < 4.78 is 28.5. The maximum atomic E-state index is 12.6. The molecule has 0 bridgehead atoms. The van der Waals surface area contributed by atoms with Gasteiger partial charge in [0.2, 0.25) is 10.0 Å². The lowest BCUT2D eigenvalue weighted by molar-refractivity contribution is 0.521. The van der Waals surface area contributed by atoms with Crippen LogP contribution in [0.3, 0.4) is 0 Å². The largest absolute Gasteiger partial charge is 0.316 e. The fourth-order valence-electron chi connectivity index (χ4n) is 2.76. The minimum atomic E-state index is -3.63. The highest BCUT2D eigenvalue weighted by molar-refractivity contribution is 8.93. The highest BCUT2D eigenvalue weighted by atomic mass is 79.9. The summed E-state index contributed by atoms with van der Waals surface area (Å²) in [7, 11) is -0.639. The molecule has 2 aromatic carbocycles. The summed E-state index contributed by atoms with van der Waals surface area (Å²) in [6.07, 6.45) is 0.933. The molecule has 0 aliphatic heterocycles. The monoisotopic (exact) mass is 515 g/mol. The van der Waals surface area contributed by atoms with Crippen LogP contribution in [0.1, 0.15) is 13.3 Å². The van der Waals surface area contributed by atoms with Crippen LogP contribution in [0, 0.1) is 0 Å². The molecule has 0 fully saturated rings. The lowest BCUT2D eigenvalue weighted by atomic mass is 10.1. The predicted octanol–water partition coefficient (Wildman–Crippen LogP) is 5.34. The third-order valence-corrected chi connectivity index (χ3v) is 7.37. The van der Waals surface area contributed by atoms with Crippen molar-refractivity contribution < 1.29 is 8.42 Å². The molecule has 156 valence electrons. The number of thiazole rings is 1. The number of benzene rings is 2. The van der Waals surface area contributed by atoms with E-state index < -0.39 is 10.0 Å². The van der Waals surface area contributed by atoms with Crippen molar-refractivity contribution in [1.82, 2.24) is 8.87 Å². The number of rotatable bonds is 6. The molecule has 0 radical (unpaired) electrons. The molecule has 0 atom stereocenters. The zero-order chi connectivity index (χ0) is 20.3. The highest BCUT2D eigenvalue weighted by Crippen LogP contribution is 2.30. The van der Waals surface area contributed by atoms with E-state index in [1.165, 1.54) is 29.7 Å². The Hall–Kier alpha value is -1.45. The van der Waals surface area contributed by atoms with Gasteiger partial charge in [-0.05, 0) is 30.7 Å². The lowest BCUT2D eigenvalue weighted by Gasteiger charge is -2.14. The van der Waals surface area contributed by atoms with E-state index in [2.05, 4.69) is 11.5 Å². The molecule has 0 saturated carbocycles. The Kier molecular flexibility index (Phi) is 8.25. The van der Waals surface area contributed by atoms with E-state index in [4.69, 9.17) is 16.6 Å². The van der Waals surface area contributed by atoms with Gasteiger partial charge < -0.3 is 4.57 Å². The molecule has 5 nitrogen and oxygen atoms in total. The smallest absolute Gasteiger partial charge is 0.244 e. The number of hydrogen-bond donors (Lipinski definition) is 0. The second-order valence-corrected chi connectivity index (χ2v) is 9.80. The molecular formula is C20H23BrClN3O2S2. The van der Waals surface area contributed by atoms with Crippen molar-refractivity contribution in [2.24, 2.45) is 4.99 Å². The van der Waals surface area contributed by atoms with E-state index in [-0.39, 0.29) is 26.9 Å². The number of hydrogen-bond acceptors (Lipinski definition) is 4. The third kappa shape index (κ3) is 5.19. The van der Waals surface area contributed by atoms with E-state index in [1.807, 2.05) is 41.8 Å². The number of para-hydroxylation sites is 1. The first-order valence-electron chi connectivity index (χ1n) is 8.85. The van der Waals surface area contributed by atoms with E-state index in [0.29, 0.717) is 0 Å². The molecule has 0 aliphatic rings. The van der Waals surface area contributed by atoms with Crippen LogP contribution in [0.5, 0.6) is 0 Å². The molecule has 29 heavy (non-hydrogen) atoms. The summed E-state index contributed by atoms with van der Waals surface area (Å²) in [6, 6.07) is 14.9. The van der Waals surface area contributed by atoms with Gasteiger partial charge in [-0.3, -0.25) is 0 Å². The Morgan fingerprint density at radius 2 is 1.83 bits per heavy atom. The Morgan fingerprint density at radius 1 is 1.14 bits per heavy atom. The number of halogens is 2. The topological polar surface area (TPSA) is 54.7 Å². The SMILES string of the molecule is Br.CCCn1c(-c2ccc(Cl)c(S(=O)(=O)N(C)C)c2)csc1=Nc1ccccc1. The molecule has 0 amide bonds. The first-order chi connectivity index (χ1) is 13.3. The molecular weight excluding hydrogens is 494 g/mol. The Balaban J connectivity index is 0.00000300. The van der Waals surface area contributed by atoms with Gasteiger partial charge in [-0.2, -0.15) is 0 Å². The highest BCUT2D eigenvalue weighted by Gasteiger charge is 2.22. The molecule has 1 aromatic heterocycles. The van der Waals surface area contributed by atoms with E-state index in [9.17, 15) is 8.42 Å². The van der Waals surface area contributed by atoms with Crippen LogP contribution in [-0.4, -0.2) is 31.4 Å². The Bertz CT molecular complexity index is 1140. The van der Waals surface area contributed by atoms with Gasteiger partial charge in [0, 0.05) is 31.6 Å². The molecule has 0 saturated heterocycles. The van der Waals surface area contributed by atoms with Gasteiger partial charge in [0.15, 0.2) is 4.80 Å². The van der Waals surface area contributed by atoms with Gasteiger partial charge in [0.1, 0.15) is 4.90 Å². The summed E-state index contributed by atoms with van der Waals surface area (Å²) in [5, 5.41) is 2.22. The fraction of sp³-hybridized carbons (Fsp3) is 0.250. The first kappa shape index (κ1) is 23.8. The zero-order valence-corrected chi connectivity index (χ0v) is 20.5. The van der Waals surface area contributed by atoms with Crippen molar-refractivity contribution in [2.45, 2.75) is 24.8 Å². The Morgan fingerprint density at radius 3 is 2.45 bits per heavy atom. The maximum Gasteiger partial charge on any atom is 0.244 e. The summed E-state index contributed by atoms with van der Waals surface area (Å²) in [4.78, 5) is 5.73. The summed E-state index contributed by atoms with van der Waals surface area (Å²) in [6.45, 7) is 2.88. The standard InChI is InChI=1S/C20H22ClN3O2S2.BrH/c1-4-12-24-18(14-27-20(24)22-16-8-6-5-7-9-16)15-10-11-17(21)19(13-15)28(25,26)23(2)3;/h5-11,13-14H,4,12H2,1-3H3;1H. The van der Waals surface area contributed by atoms with Gasteiger partial charge in [-0.15, -0.1) is 28.3 Å². The normalized spacial score (nSPS) is 12.2. The molecule has 0 spiro atoms. The van der Waals surface area contributed by atoms with Crippen LogP contribution < -0.4 is 4.80 Å². The van der Waals surface area contributed by atoms with Crippen molar-refractivity contribution in [3.63, 3.8) is 0 Å². The minimum Gasteiger partial charge on any atom is -0.316 e. The zero-order valence-electron chi connectivity index (χ0n) is 16.4. The minimum absolute atomic E-state index is 0. The lowest BCUT2D eigenvalue weighted by Crippen LogP contribution is -2.22. The van der Waals surface area contributed by atoms with E-state index in [0.717, 1.165) is 34.7 Å². The van der Waals surface area contributed by atoms with Crippen LogP contribution in [0.2, 0.25) is 5.02 Å². The molecule has 1 heterocycles. The fourth-order valence-corrected chi connectivity index (χ4v) is 5.11. The maximum absolute atomic E-state index is 12.6. The van der Waals surface area contributed by atoms with Gasteiger partial charge in [0.05, 0.1) is 16.4 Å².